The van der Waals surface area contributed by atoms with Crippen molar-refractivity contribution in [3.8, 4) is 11.5 Å². The van der Waals surface area contributed by atoms with Crippen LogP contribution in [0.15, 0.2) is 39.9 Å². The van der Waals surface area contributed by atoms with Crippen molar-refractivity contribution in [2.24, 2.45) is 4.99 Å². The first-order valence-corrected chi connectivity index (χ1v) is 8.60. The molecule has 0 saturated heterocycles. The van der Waals surface area contributed by atoms with Gasteiger partial charge in [0.15, 0.2) is 22.1 Å². The van der Waals surface area contributed by atoms with E-state index in [9.17, 15) is 9.59 Å². The van der Waals surface area contributed by atoms with Crippen LogP contribution in [0.2, 0.25) is 0 Å². The Morgan fingerprint density at radius 2 is 2.04 bits per heavy atom. The van der Waals surface area contributed by atoms with Gasteiger partial charge in [0.2, 0.25) is 0 Å². The Morgan fingerprint density at radius 1 is 1.27 bits per heavy atom. The van der Waals surface area contributed by atoms with Crippen LogP contribution in [0, 0.1) is 0 Å². The van der Waals surface area contributed by atoms with Crippen LogP contribution in [0.5, 0.6) is 11.5 Å². The van der Waals surface area contributed by atoms with Crippen LogP contribution >= 0.6 is 11.3 Å². The van der Waals surface area contributed by atoms with Gasteiger partial charge in [0.25, 0.3) is 0 Å². The van der Waals surface area contributed by atoms with Crippen LogP contribution in [0.1, 0.15) is 10.6 Å². The van der Waals surface area contributed by atoms with E-state index in [-0.39, 0.29) is 12.3 Å². The molecule has 1 aliphatic heterocycles. The maximum absolute atomic E-state index is 12.3. The number of thiazole rings is 1. The zero-order chi connectivity index (χ0) is 18.1. The number of benzene rings is 1. The fourth-order valence-corrected chi connectivity index (χ4v) is 3.62. The van der Waals surface area contributed by atoms with E-state index in [1.54, 1.807) is 16.7 Å². The third-order valence-corrected chi connectivity index (χ3v) is 4.83. The van der Waals surface area contributed by atoms with Crippen LogP contribution in [0.25, 0.3) is 10.2 Å². The highest BCUT2D eigenvalue weighted by Crippen LogP contribution is 2.35. The van der Waals surface area contributed by atoms with E-state index >= 15 is 0 Å². The third kappa shape index (κ3) is 2.97. The number of carbonyl (C=O) groups excluding carboxylic acids is 2. The molecule has 0 radical (unpaired) electrons. The van der Waals surface area contributed by atoms with Gasteiger partial charge in [-0.1, -0.05) is 11.3 Å². The second kappa shape index (κ2) is 6.68. The van der Waals surface area contributed by atoms with Gasteiger partial charge in [0.05, 0.1) is 23.6 Å². The molecule has 1 aliphatic rings. The molecule has 3 heterocycles. The number of esters is 1. The van der Waals surface area contributed by atoms with E-state index < -0.39 is 11.9 Å². The molecule has 3 aromatic rings. The molecule has 0 atom stereocenters. The molecule has 0 fully saturated rings. The molecule has 26 heavy (non-hydrogen) atoms. The maximum atomic E-state index is 12.3. The summed E-state index contributed by atoms with van der Waals surface area (Å²) >= 11 is 1.27. The minimum atomic E-state index is -0.530. The second-order valence-electron chi connectivity index (χ2n) is 5.40. The number of hydrogen-bond donors (Lipinski definition) is 0. The van der Waals surface area contributed by atoms with Gasteiger partial charge in [-0.15, -0.1) is 0 Å². The molecule has 2 aromatic heterocycles. The van der Waals surface area contributed by atoms with Gasteiger partial charge in [-0.2, -0.15) is 4.99 Å². The Morgan fingerprint density at radius 3 is 2.73 bits per heavy atom. The summed E-state index contributed by atoms with van der Waals surface area (Å²) in [7, 11) is 1.31. The van der Waals surface area contributed by atoms with E-state index in [4.69, 9.17) is 18.6 Å². The molecule has 9 heteroatoms. The van der Waals surface area contributed by atoms with Gasteiger partial charge in [-0.25, -0.2) is 0 Å². The number of methoxy groups -OCH3 is 1. The monoisotopic (exact) mass is 374 g/mol. The number of ether oxygens (including phenoxy) is 3. The van der Waals surface area contributed by atoms with E-state index in [2.05, 4.69) is 4.99 Å². The van der Waals surface area contributed by atoms with Crippen molar-refractivity contribution in [2.45, 2.75) is 6.54 Å². The fraction of sp³-hybridized carbons (Fsp3) is 0.235. The highest BCUT2D eigenvalue weighted by atomic mass is 32.1. The van der Waals surface area contributed by atoms with Gasteiger partial charge >= 0.3 is 11.9 Å². The van der Waals surface area contributed by atoms with Crippen molar-refractivity contribution < 1.29 is 28.2 Å². The minimum absolute atomic E-state index is 0.0829. The lowest BCUT2D eigenvalue weighted by molar-refractivity contribution is -0.141. The van der Waals surface area contributed by atoms with Gasteiger partial charge in [-0.05, 0) is 12.1 Å². The van der Waals surface area contributed by atoms with Gasteiger partial charge in [0.1, 0.15) is 19.8 Å². The number of amides is 1. The van der Waals surface area contributed by atoms with Crippen molar-refractivity contribution >= 4 is 33.4 Å². The predicted molar refractivity (Wildman–Crippen MR) is 91.4 cm³/mol. The first kappa shape index (κ1) is 16.4. The Labute approximate surface area is 151 Å². The zero-order valence-corrected chi connectivity index (χ0v) is 14.6. The molecule has 0 spiro atoms. The maximum Gasteiger partial charge on any atom is 0.325 e. The number of nitrogens with zero attached hydrogens (tertiary/aromatic N) is 2. The summed E-state index contributed by atoms with van der Waals surface area (Å²) in [6.07, 6.45) is 1.40. The van der Waals surface area contributed by atoms with Gasteiger partial charge < -0.3 is 23.2 Å². The van der Waals surface area contributed by atoms with Crippen molar-refractivity contribution in [1.29, 1.82) is 0 Å². The van der Waals surface area contributed by atoms with Crippen LogP contribution in [0.3, 0.4) is 0 Å². The Kier molecular flexibility index (Phi) is 4.21. The first-order valence-electron chi connectivity index (χ1n) is 7.78. The minimum Gasteiger partial charge on any atom is -0.486 e. The summed E-state index contributed by atoms with van der Waals surface area (Å²) in [6, 6.07) is 6.74. The molecule has 0 aliphatic carbocycles. The Bertz CT molecular complexity index is 1050. The number of hydrogen-bond acceptors (Lipinski definition) is 7. The lowest BCUT2D eigenvalue weighted by Crippen LogP contribution is -2.22. The van der Waals surface area contributed by atoms with Gasteiger partial charge in [0, 0.05) is 12.1 Å². The van der Waals surface area contributed by atoms with Crippen LogP contribution < -0.4 is 14.3 Å². The molecule has 1 amide bonds. The fourth-order valence-electron chi connectivity index (χ4n) is 2.58. The van der Waals surface area contributed by atoms with E-state index in [1.165, 1.54) is 30.8 Å². The highest BCUT2D eigenvalue weighted by Gasteiger charge is 2.18. The smallest absolute Gasteiger partial charge is 0.325 e. The SMILES string of the molecule is COC(=O)Cn1c(=NC(=O)c2ccco2)sc2cc3c(cc21)OCCO3. The molecule has 0 saturated carbocycles. The summed E-state index contributed by atoms with van der Waals surface area (Å²) in [5.41, 5.74) is 0.704. The number of carbonyl (C=O) groups is 2. The average Bonchev–Trinajstić information content (AvgIpc) is 3.29. The number of aromatic nitrogens is 1. The van der Waals surface area contributed by atoms with Gasteiger partial charge in [-0.3, -0.25) is 9.59 Å². The first-order chi connectivity index (χ1) is 12.7. The summed E-state index contributed by atoms with van der Waals surface area (Å²) in [5.74, 6) is 0.352. The van der Waals surface area contributed by atoms with E-state index in [0.29, 0.717) is 35.0 Å². The van der Waals surface area contributed by atoms with Crippen molar-refractivity contribution in [3.63, 3.8) is 0 Å². The lowest BCUT2D eigenvalue weighted by atomic mass is 10.2. The van der Waals surface area contributed by atoms with Crippen LogP contribution in [-0.2, 0) is 16.1 Å². The van der Waals surface area contributed by atoms with Crippen LogP contribution in [0.4, 0.5) is 0 Å². The quantitative estimate of drug-likeness (QED) is 0.651. The molecule has 0 N–H and O–H groups in total. The average molecular weight is 374 g/mol. The third-order valence-electron chi connectivity index (χ3n) is 3.79. The summed E-state index contributed by atoms with van der Waals surface area (Å²) in [4.78, 5) is 28.6. The summed E-state index contributed by atoms with van der Waals surface area (Å²) in [6.45, 7) is 0.842. The largest absolute Gasteiger partial charge is 0.486 e. The molecule has 4 rings (SSSR count). The van der Waals surface area contributed by atoms with E-state index in [1.807, 2.05) is 6.07 Å². The molecule has 8 nitrogen and oxygen atoms in total. The lowest BCUT2D eigenvalue weighted by Gasteiger charge is -2.18. The van der Waals surface area contributed by atoms with Crippen LogP contribution in [-0.4, -0.2) is 36.8 Å². The molecule has 1 aromatic carbocycles. The molecule has 134 valence electrons. The zero-order valence-electron chi connectivity index (χ0n) is 13.8. The normalized spacial score (nSPS) is 13.8. The second-order valence-corrected chi connectivity index (χ2v) is 6.41. The Hall–Kier alpha value is -3.07. The number of fused-ring (bicyclic) bond motifs is 2. The molecular formula is C17H14N2O6S. The van der Waals surface area contributed by atoms with Crippen molar-refractivity contribution in [2.75, 3.05) is 20.3 Å². The number of rotatable bonds is 3. The van der Waals surface area contributed by atoms with E-state index in [0.717, 1.165) is 4.70 Å². The molecule has 0 unspecified atom stereocenters. The number of furan rings is 1. The van der Waals surface area contributed by atoms with Crippen molar-refractivity contribution in [1.82, 2.24) is 4.57 Å². The Balaban J connectivity index is 1.88. The highest BCUT2D eigenvalue weighted by molar-refractivity contribution is 7.16. The van der Waals surface area contributed by atoms with Crippen molar-refractivity contribution in [3.05, 3.63) is 41.1 Å². The topological polar surface area (TPSA) is 92.3 Å². The molecule has 0 bridgehead atoms. The summed E-state index contributed by atoms with van der Waals surface area (Å²) < 4.78 is 23.5. The standard InChI is InChI=1S/C17H14N2O6S/c1-22-15(20)9-19-10-7-12-13(25-6-5-24-12)8-14(10)26-17(19)18-16(21)11-3-2-4-23-11/h2-4,7-8H,5-6,9H2,1H3. The summed E-state index contributed by atoms with van der Waals surface area (Å²) in [5, 5.41) is 0. The molecular weight excluding hydrogens is 360 g/mol. The predicted octanol–water partition coefficient (Wildman–Crippen LogP) is 1.98.